The van der Waals surface area contributed by atoms with E-state index in [2.05, 4.69) is 30.9 Å². The number of likely N-dealkylation sites (tertiary alicyclic amines) is 1. The third kappa shape index (κ3) is 3.49. The van der Waals surface area contributed by atoms with Crippen molar-refractivity contribution in [3.05, 3.63) is 64.2 Å². The number of amides is 1. The van der Waals surface area contributed by atoms with Gasteiger partial charge in [-0.25, -0.2) is 0 Å². The molecule has 0 aromatic heterocycles. The van der Waals surface area contributed by atoms with Crippen LogP contribution in [0.2, 0.25) is 0 Å². The summed E-state index contributed by atoms with van der Waals surface area (Å²) in [5.41, 5.74) is 5.97. The van der Waals surface area contributed by atoms with Crippen molar-refractivity contribution < 1.29 is 14.6 Å². The second kappa shape index (κ2) is 8.36. The van der Waals surface area contributed by atoms with Gasteiger partial charge in [0.05, 0.1) is 6.04 Å². The van der Waals surface area contributed by atoms with Crippen LogP contribution in [0.3, 0.4) is 0 Å². The molecule has 0 unspecified atom stereocenters. The smallest absolute Gasteiger partial charge is 0.246 e. The maximum absolute atomic E-state index is 13.4. The van der Waals surface area contributed by atoms with Gasteiger partial charge < -0.3 is 14.7 Å². The van der Waals surface area contributed by atoms with E-state index in [1.807, 2.05) is 36.2 Å². The molecule has 2 saturated carbocycles. The zero-order valence-corrected chi connectivity index (χ0v) is 22.2. The van der Waals surface area contributed by atoms with Crippen molar-refractivity contribution in [1.29, 1.82) is 0 Å². The summed E-state index contributed by atoms with van der Waals surface area (Å²) in [7, 11) is 1.94. The number of ether oxygens (including phenoxy) is 1. The van der Waals surface area contributed by atoms with Gasteiger partial charge in [-0.15, -0.1) is 0 Å². The predicted octanol–water partition coefficient (Wildman–Crippen LogP) is 5.00. The van der Waals surface area contributed by atoms with Crippen LogP contribution in [0.5, 0.6) is 11.5 Å². The van der Waals surface area contributed by atoms with Crippen LogP contribution in [0.15, 0.2) is 36.4 Å². The molecule has 5 heteroatoms. The first-order valence-corrected chi connectivity index (χ1v) is 14.1. The third-order valence-corrected chi connectivity index (χ3v) is 10.2. The Morgan fingerprint density at radius 3 is 2.84 bits per heavy atom. The molecule has 2 bridgehead atoms. The van der Waals surface area contributed by atoms with E-state index in [1.54, 1.807) is 6.08 Å². The lowest BCUT2D eigenvalue weighted by molar-refractivity contribution is -0.135. The summed E-state index contributed by atoms with van der Waals surface area (Å²) in [6.07, 6.45) is 10.4. The second-order valence-corrected chi connectivity index (χ2v) is 12.4. The van der Waals surface area contributed by atoms with Crippen molar-refractivity contribution in [2.75, 3.05) is 20.1 Å². The molecule has 5 atom stereocenters. The van der Waals surface area contributed by atoms with Gasteiger partial charge in [-0.2, -0.15) is 0 Å². The Hall–Kier alpha value is -2.79. The number of phenolic OH excluding ortho intramolecular Hbond substituents is 1. The highest BCUT2D eigenvalue weighted by molar-refractivity contribution is 5.92. The van der Waals surface area contributed by atoms with E-state index >= 15 is 0 Å². The number of likely N-dealkylation sites (N-methyl/N-ethyl adjacent to an activating group) is 1. The van der Waals surface area contributed by atoms with Crippen molar-refractivity contribution in [2.24, 2.45) is 11.8 Å². The number of carbonyl (C=O) groups excluding carboxylic acids is 1. The molecule has 7 rings (SSSR count). The predicted molar refractivity (Wildman–Crippen MR) is 145 cm³/mol. The topological polar surface area (TPSA) is 53.0 Å². The van der Waals surface area contributed by atoms with E-state index in [1.165, 1.54) is 41.6 Å². The van der Waals surface area contributed by atoms with Crippen molar-refractivity contribution >= 4 is 12.0 Å². The number of rotatable bonds is 5. The van der Waals surface area contributed by atoms with Gasteiger partial charge in [-0.1, -0.05) is 29.8 Å². The standard InChI is InChI=1S/C32H38N2O3/c1-19-5-4-6-21(15-19)9-12-28(36)33(3)25-11-10-24-26-17-23-20(2)16-27(35)30-29(23)32(24,31(25)37-30)13-14-34(26)18-22-7-8-22/h4-6,9,12,15-16,22,24-26,31,35H,7-8,10-11,13-14,17-18H2,1-3H3/t24-,25+,26+,31-,32-/m0/s1. The van der Waals surface area contributed by atoms with Gasteiger partial charge in [-0.3, -0.25) is 9.69 Å². The zero-order valence-electron chi connectivity index (χ0n) is 22.2. The Balaban J connectivity index is 1.24. The Morgan fingerprint density at radius 2 is 2.05 bits per heavy atom. The summed E-state index contributed by atoms with van der Waals surface area (Å²) < 4.78 is 6.77. The van der Waals surface area contributed by atoms with E-state index < -0.39 is 0 Å². The minimum absolute atomic E-state index is 0.0140. The highest BCUT2D eigenvalue weighted by Gasteiger charge is 2.66. The Labute approximate surface area is 220 Å². The van der Waals surface area contributed by atoms with Crippen LogP contribution < -0.4 is 4.74 Å². The average Bonchev–Trinajstić information content (AvgIpc) is 3.63. The first-order chi connectivity index (χ1) is 17.9. The number of piperidine rings is 1. The van der Waals surface area contributed by atoms with Gasteiger partial charge >= 0.3 is 0 Å². The molecule has 3 aliphatic carbocycles. The summed E-state index contributed by atoms with van der Waals surface area (Å²) in [6.45, 7) is 6.53. The zero-order chi connectivity index (χ0) is 25.5. The van der Waals surface area contributed by atoms with Crippen LogP contribution in [0, 0.1) is 25.7 Å². The molecule has 2 aromatic carbocycles. The van der Waals surface area contributed by atoms with Crippen molar-refractivity contribution in [1.82, 2.24) is 9.80 Å². The number of aryl methyl sites for hydroxylation is 2. The summed E-state index contributed by atoms with van der Waals surface area (Å²) in [5.74, 6) is 2.38. The van der Waals surface area contributed by atoms with Crippen LogP contribution in [-0.2, 0) is 16.6 Å². The number of aromatic hydroxyl groups is 1. The molecular formula is C32H38N2O3. The maximum atomic E-state index is 13.4. The lowest BCUT2D eigenvalue weighted by Crippen LogP contribution is -2.69. The highest BCUT2D eigenvalue weighted by atomic mass is 16.5. The number of benzene rings is 2. The lowest BCUT2D eigenvalue weighted by atomic mass is 9.50. The fraction of sp³-hybridized carbons (Fsp3) is 0.531. The van der Waals surface area contributed by atoms with Crippen LogP contribution in [0.25, 0.3) is 6.08 Å². The second-order valence-electron chi connectivity index (χ2n) is 12.4. The number of phenols is 1. The Morgan fingerprint density at radius 1 is 1.22 bits per heavy atom. The van der Waals surface area contributed by atoms with E-state index in [0.29, 0.717) is 17.7 Å². The molecule has 1 amide bonds. The molecule has 2 aromatic rings. The normalized spacial score (nSPS) is 31.8. The summed E-state index contributed by atoms with van der Waals surface area (Å²) in [5, 5.41) is 11.0. The first kappa shape index (κ1) is 23.3. The number of hydrogen-bond acceptors (Lipinski definition) is 4. The largest absolute Gasteiger partial charge is 0.504 e. The van der Waals surface area contributed by atoms with Gasteiger partial charge in [-0.05, 0) is 99.6 Å². The maximum Gasteiger partial charge on any atom is 0.246 e. The fourth-order valence-electron chi connectivity index (χ4n) is 8.34. The first-order valence-electron chi connectivity index (χ1n) is 14.1. The molecule has 37 heavy (non-hydrogen) atoms. The molecular weight excluding hydrogens is 460 g/mol. The molecule has 1 N–H and O–H groups in total. The van der Waals surface area contributed by atoms with Crippen molar-refractivity contribution in [3.63, 3.8) is 0 Å². The Kier molecular flexibility index (Phi) is 5.27. The molecule has 1 spiro atoms. The van der Waals surface area contributed by atoms with Gasteiger partial charge in [0.15, 0.2) is 11.5 Å². The summed E-state index contributed by atoms with van der Waals surface area (Å²) in [4.78, 5) is 18.1. The molecule has 1 saturated heterocycles. The van der Waals surface area contributed by atoms with Crippen LogP contribution >= 0.6 is 0 Å². The summed E-state index contributed by atoms with van der Waals surface area (Å²) in [6, 6.07) is 10.6. The van der Waals surface area contributed by atoms with E-state index in [0.717, 1.165) is 43.7 Å². The number of carbonyl (C=O) groups is 1. The minimum atomic E-state index is -0.116. The van der Waals surface area contributed by atoms with Gasteiger partial charge in [0, 0.05) is 36.7 Å². The van der Waals surface area contributed by atoms with Gasteiger partial charge in [0.1, 0.15) is 6.10 Å². The van der Waals surface area contributed by atoms with Crippen LogP contribution in [0.1, 0.15) is 59.9 Å². The molecule has 3 fully saturated rings. The average molecular weight is 499 g/mol. The van der Waals surface area contributed by atoms with Gasteiger partial charge in [0.25, 0.3) is 0 Å². The van der Waals surface area contributed by atoms with Crippen molar-refractivity contribution in [3.8, 4) is 11.5 Å². The molecule has 194 valence electrons. The molecule has 2 aliphatic heterocycles. The monoisotopic (exact) mass is 498 g/mol. The van der Waals surface area contributed by atoms with Crippen molar-refractivity contribution in [2.45, 2.75) is 76.0 Å². The molecule has 5 aliphatic rings. The van der Waals surface area contributed by atoms with E-state index in [9.17, 15) is 9.90 Å². The molecule has 5 nitrogen and oxygen atoms in total. The van der Waals surface area contributed by atoms with E-state index in [-0.39, 0.29) is 29.2 Å². The molecule has 0 radical (unpaired) electrons. The third-order valence-electron chi connectivity index (χ3n) is 10.2. The van der Waals surface area contributed by atoms with Gasteiger partial charge in [0.2, 0.25) is 5.91 Å². The van der Waals surface area contributed by atoms with Crippen LogP contribution in [-0.4, -0.2) is 59.1 Å². The van der Waals surface area contributed by atoms with E-state index in [4.69, 9.17) is 4.74 Å². The Bertz CT molecular complexity index is 1300. The number of nitrogens with zero attached hydrogens (tertiary/aromatic N) is 2. The SMILES string of the molecule is Cc1cccc(C=CC(=O)N(C)[C@@H]2CC[C@H]3[C@H]4Cc5c(C)cc(O)c6c5[C@@]3(CCN4CC3CC3)[C@H]2O6)c1. The van der Waals surface area contributed by atoms with Crippen LogP contribution in [0.4, 0.5) is 0 Å². The summed E-state index contributed by atoms with van der Waals surface area (Å²) >= 11 is 0. The number of hydrogen-bond donors (Lipinski definition) is 1. The fourth-order valence-corrected chi connectivity index (χ4v) is 8.34. The lowest BCUT2D eigenvalue weighted by Gasteiger charge is -2.60. The highest BCUT2D eigenvalue weighted by Crippen LogP contribution is 2.64. The minimum Gasteiger partial charge on any atom is -0.504 e. The molecule has 2 heterocycles. The quantitative estimate of drug-likeness (QED) is 0.590.